The third-order valence-electron chi connectivity index (χ3n) is 5.72. The van der Waals surface area contributed by atoms with E-state index in [1.165, 1.54) is 22.2 Å². The van der Waals surface area contributed by atoms with Gasteiger partial charge in [0, 0.05) is 17.0 Å². The Morgan fingerprint density at radius 1 is 1.33 bits per heavy atom. The van der Waals surface area contributed by atoms with Gasteiger partial charge in [-0.3, -0.25) is 14.2 Å². The largest absolute Gasteiger partial charge is 0.454 e. The molecule has 0 spiro atoms. The minimum Gasteiger partial charge on any atom is -0.454 e. The average molecular weight is 443 g/mol. The van der Waals surface area contributed by atoms with Crippen molar-refractivity contribution >= 4 is 39.1 Å². The van der Waals surface area contributed by atoms with Crippen LogP contribution in [0.5, 0.6) is 11.5 Å². The summed E-state index contributed by atoms with van der Waals surface area (Å²) in [5, 5.41) is 1.39. The molecule has 0 fully saturated rings. The molecule has 0 bridgehead atoms. The zero-order valence-electron chi connectivity index (χ0n) is 16.9. The predicted molar refractivity (Wildman–Crippen MR) is 118 cm³/mol. The van der Waals surface area contributed by atoms with Crippen molar-refractivity contribution in [2.45, 2.75) is 44.8 Å². The van der Waals surface area contributed by atoms with Gasteiger partial charge < -0.3 is 9.47 Å². The highest BCUT2D eigenvalue weighted by molar-refractivity contribution is 7.99. The SMILES string of the molecule is CCn1c(SCC(=O)c2ccc3c(c2)OCO3)nc2sc3c(c2c1=O)CCC(C)C3. The molecule has 0 amide bonds. The Labute approximate surface area is 182 Å². The molecule has 2 aromatic heterocycles. The van der Waals surface area contributed by atoms with E-state index in [1.807, 2.05) is 6.92 Å². The summed E-state index contributed by atoms with van der Waals surface area (Å²) < 4.78 is 12.4. The molecule has 5 rings (SSSR count). The van der Waals surface area contributed by atoms with Crippen LogP contribution < -0.4 is 15.0 Å². The molecule has 30 heavy (non-hydrogen) atoms. The minimum absolute atomic E-state index is 0.0209. The standard InChI is InChI=1S/C22H22N2O4S2/c1-3-24-21(26)19-14-6-4-12(2)8-18(14)30-20(19)23-22(24)29-10-15(25)13-5-7-16-17(9-13)28-11-27-16/h5,7,9,12H,3-4,6,8,10-11H2,1-2H3. The molecule has 1 atom stereocenters. The Bertz CT molecular complexity index is 1210. The van der Waals surface area contributed by atoms with E-state index in [0.29, 0.717) is 34.7 Å². The van der Waals surface area contributed by atoms with Crippen LogP contribution in [0.15, 0.2) is 28.2 Å². The highest BCUT2D eigenvalue weighted by Gasteiger charge is 2.25. The van der Waals surface area contributed by atoms with E-state index < -0.39 is 0 Å². The number of carbonyl (C=O) groups is 1. The predicted octanol–water partition coefficient (Wildman–Crippen LogP) is 4.31. The maximum Gasteiger partial charge on any atom is 0.263 e. The van der Waals surface area contributed by atoms with E-state index in [1.54, 1.807) is 34.1 Å². The number of Topliss-reactive ketones (excluding diaryl/α,β-unsaturated/α-hetero) is 1. The van der Waals surface area contributed by atoms with Crippen molar-refractivity contribution in [1.82, 2.24) is 9.55 Å². The quantitative estimate of drug-likeness (QED) is 0.333. The van der Waals surface area contributed by atoms with E-state index in [-0.39, 0.29) is 23.9 Å². The van der Waals surface area contributed by atoms with E-state index >= 15 is 0 Å². The summed E-state index contributed by atoms with van der Waals surface area (Å²) in [5.41, 5.74) is 1.78. The van der Waals surface area contributed by atoms with Crippen molar-refractivity contribution in [3.05, 3.63) is 44.6 Å². The molecule has 0 saturated carbocycles. The molecule has 156 valence electrons. The molecule has 2 aliphatic rings. The summed E-state index contributed by atoms with van der Waals surface area (Å²) in [6.45, 7) is 4.91. The Kier molecular flexibility index (Phi) is 5.06. The van der Waals surface area contributed by atoms with Crippen molar-refractivity contribution in [2.24, 2.45) is 5.92 Å². The number of rotatable bonds is 5. The molecule has 0 radical (unpaired) electrons. The van der Waals surface area contributed by atoms with Crippen LogP contribution in [0.25, 0.3) is 10.2 Å². The molecule has 1 unspecified atom stereocenters. The Hall–Kier alpha value is -2.32. The fourth-order valence-corrected chi connectivity index (χ4v) is 6.46. The van der Waals surface area contributed by atoms with E-state index in [4.69, 9.17) is 14.5 Å². The number of nitrogens with zero attached hydrogens (tertiary/aromatic N) is 2. The summed E-state index contributed by atoms with van der Waals surface area (Å²) in [6.07, 6.45) is 3.09. The van der Waals surface area contributed by atoms with Crippen LogP contribution in [-0.4, -0.2) is 27.9 Å². The third kappa shape index (κ3) is 3.32. The van der Waals surface area contributed by atoms with Gasteiger partial charge in [0.15, 0.2) is 22.4 Å². The van der Waals surface area contributed by atoms with Crippen molar-refractivity contribution in [3.8, 4) is 11.5 Å². The molecular weight excluding hydrogens is 420 g/mol. The second kappa shape index (κ2) is 7.74. The summed E-state index contributed by atoms with van der Waals surface area (Å²) in [6, 6.07) is 5.21. The van der Waals surface area contributed by atoms with E-state index in [2.05, 4.69) is 6.92 Å². The third-order valence-corrected chi connectivity index (χ3v) is 7.85. The lowest BCUT2D eigenvalue weighted by Gasteiger charge is -2.17. The van der Waals surface area contributed by atoms with Gasteiger partial charge in [-0.2, -0.15) is 0 Å². The van der Waals surface area contributed by atoms with Crippen LogP contribution in [0.3, 0.4) is 0 Å². The second-order valence-corrected chi connectivity index (χ2v) is 9.78. The van der Waals surface area contributed by atoms with Crippen LogP contribution >= 0.6 is 23.1 Å². The van der Waals surface area contributed by atoms with Crippen LogP contribution in [-0.2, 0) is 19.4 Å². The summed E-state index contributed by atoms with van der Waals surface area (Å²) in [4.78, 5) is 32.9. The van der Waals surface area contributed by atoms with Crippen LogP contribution in [0.2, 0.25) is 0 Å². The fourth-order valence-electron chi connectivity index (χ4n) is 4.08. The van der Waals surface area contributed by atoms with Gasteiger partial charge in [0.05, 0.1) is 11.1 Å². The number of aromatic nitrogens is 2. The lowest BCUT2D eigenvalue weighted by atomic mass is 9.89. The Morgan fingerprint density at radius 3 is 3.00 bits per heavy atom. The summed E-state index contributed by atoms with van der Waals surface area (Å²) >= 11 is 2.96. The molecular formula is C22H22N2O4S2. The lowest BCUT2D eigenvalue weighted by molar-refractivity contribution is 0.102. The first kappa shape index (κ1) is 19.6. The van der Waals surface area contributed by atoms with Gasteiger partial charge >= 0.3 is 0 Å². The van der Waals surface area contributed by atoms with Crippen LogP contribution in [0.1, 0.15) is 41.1 Å². The highest BCUT2D eigenvalue weighted by Crippen LogP contribution is 2.37. The number of thioether (sulfide) groups is 1. The number of ether oxygens (including phenoxy) is 2. The maximum atomic E-state index is 13.2. The molecule has 1 aromatic carbocycles. The number of ketones is 1. The zero-order chi connectivity index (χ0) is 20.8. The van der Waals surface area contributed by atoms with Gasteiger partial charge in [-0.1, -0.05) is 18.7 Å². The molecule has 1 aliphatic heterocycles. The molecule has 1 aliphatic carbocycles. The summed E-state index contributed by atoms with van der Waals surface area (Å²) in [5.74, 6) is 2.07. The first-order valence-corrected chi connectivity index (χ1v) is 12.0. The number of carbonyl (C=O) groups excluding carboxylic acids is 1. The van der Waals surface area contributed by atoms with Crippen LogP contribution in [0.4, 0.5) is 0 Å². The van der Waals surface area contributed by atoms with Crippen molar-refractivity contribution in [3.63, 3.8) is 0 Å². The van der Waals surface area contributed by atoms with Gasteiger partial charge in [0.25, 0.3) is 5.56 Å². The van der Waals surface area contributed by atoms with E-state index in [9.17, 15) is 9.59 Å². The second-order valence-electron chi connectivity index (χ2n) is 7.76. The average Bonchev–Trinajstić information content (AvgIpc) is 3.35. The molecule has 0 saturated heterocycles. The van der Waals surface area contributed by atoms with Gasteiger partial charge in [-0.25, -0.2) is 4.98 Å². The van der Waals surface area contributed by atoms with Crippen molar-refractivity contribution in [2.75, 3.05) is 12.5 Å². The van der Waals surface area contributed by atoms with E-state index in [0.717, 1.165) is 29.5 Å². The first-order chi connectivity index (χ1) is 14.5. The van der Waals surface area contributed by atoms with Crippen molar-refractivity contribution in [1.29, 1.82) is 0 Å². The van der Waals surface area contributed by atoms with Gasteiger partial charge in [-0.15, -0.1) is 11.3 Å². The highest BCUT2D eigenvalue weighted by atomic mass is 32.2. The first-order valence-electron chi connectivity index (χ1n) is 10.2. The fraction of sp³-hybridized carbons (Fsp3) is 0.409. The number of benzene rings is 1. The number of thiophene rings is 1. The zero-order valence-corrected chi connectivity index (χ0v) is 18.5. The number of hydrogen-bond donors (Lipinski definition) is 0. The Morgan fingerprint density at radius 2 is 2.17 bits per heavy atom. The minimum atomic E-state index is -0.0328. The Balaban J connectivity index is 1.44. The number of fused-ring (bicyclic) bond motifs is 4. The maximum absolute atomic E-state index is 13.2. The topological polar surface area (TPSA) is 70.4 Å². The van der Waals surface area contributed by atoms with Crippen molar-refractivity contribution < 1.29 is 14.3 Å². The molecule has 3 heterocycles. The van der Waals surface area contributed by atoms with Gasteiger partial charge in [0.2, 0.25) is 6.79 Å². The van der Waals surface area contributed by atoms with Gasteiger partial charge in [0.1, 0.15) is 4.83 Å². The smallest absolute Gasteiger partial charge is 0.263 e. The molecule has 6 nitrogen and oxygen atoms in total. The number of aryl methyl sites for hydroxylation is 1. The normalized spacial score (nSPS) is 17.3. The molecule has 3 aromatic rings. The monoisotopic (exact) mass is 442 g/mol. The van der Waals surface area contributed by atoms with Crippen LogP contribution in [0, 0.1) is 5.92 Å². The van der Waals surface area contributed by atoms with Gasteiger partial charge in [-0.05, 0) is 55.9 Å². The summed E-state index contributed by atoms with van der Waals surface area (Å²) in [7, 11) is 0. The lowest BCUT2D eigenvalue weighted by Crippen LogP contribution is -2.23. The molecule has 0 N–H and O–H groups in total. The molecule has 8 heteroatoms. The number of hydrogen-bond acceptors (Lipinski definition) is 7.